The summed E-state index contributed by atoms with van der Waals surface area (Å²) in [6, 6.07) is 4.49. The molecule has 70 valence electrons. The first-order chi connectivity index (χ1) is 6.25. The zero-order chi connectivity index (χ0) is 9.26. The molecule has 1 aromatic heterocycles. The summed E-state index contributed by atoms with van der Waals surface area (Å²) < 4.78 is 0. The van der Waals surface area contributed by atoms with Crippen molar-refractivity contribution in [1.29, 1.82) is 0 Å². The van der Waals surface area contributed by atoms with Gasteiger partial charge < -0.3 is 10.6 Å². The SMILES string of the molecule is Cc1ccc(N2CC[C@H](N)C2)cn1. The summed E-state index contributed by atoms with van der Waals surface area (Å²) >= 11 is 0. The Kier molecular flexibility index (Phi) is 2.19. The third-order valence-corrected chi connectivity index (χ3v) is 2.49. The summed E-state index contributed by atoms with van der Waals surface area (Å²) in [5, 5.41) is 0. The Morgan fingerprint density at radius 1 is 1.54 bits per heavy atom. The Bertz CT molecular complexity index is 281. The quantitative estimate of drug-likeness (QED) is 0.693. The minimum Gasteiger partial charge on any atom is -0.369 e. The highest BCUT2D eigenvalue weighted by Gasteiger charge is 2.18. The first-order valence-electron chi connectivity index (χ1n) is 4.69. The standard InChI is InChI=1S/C10H15N3/c1-8-2-3-10(6-12-8)13-5-4-9(11)7-13/h2-3,6,9H,4-5,7,11H2,1H3/t9-/m0/s1. The lowest BCUT2D eigenvalue weighted by Gasteiger charge is -2.17. The smallest absolute Gasteiger partial charge is 0.0553 e. The van der Waals surface area contributed by atoms with Crippen molar-refractivity contribution in [2.75, 3.05) is 18.0 Å². The number of nitrogens with zero attached hydrogens (tertiary/aromatic N) is 2. The van der Waals surface area contributed by atoms with Gasteiger partial charge in [0.2, 0.25) is 0 Å². The fraction of sp³-hybridized carbons (Fsp3) is 0.500. The molecular formula is C10H15N3. The lowest BCUT2D eigenvalue weighted by atomic mass is 10.3. The largest absolute Gasteiger partial charge is 0.369 e. The highest BCUT2D eigenvalue weighted by atomic mass is 15.2. The van der Waals surface area contributed by atoms with Crippen molar-refractivity contribution < 1.29 is 0 Å². The van der Waals surface area contributed by atoms with Crippen molar-refractivity contribution in [3.63, 3.8) is 0 Å². The topological polar surface area (TPSA) is 42.1 Å². The van der Waals surface area contributed by atoms with Crippen molar-refractivity contribution in [3.05, 3.63) is 24.0 Å². The third kappa shape index (κ3) is 1.80. The fourth-order valence-electron chi connectivity index (χ4n) is 1.67. The van der Waals surface area contributed by atoms with Crippen molar-refractivity contribution in [3.8, 4) is 0 Å². The van der Waals surface area contributed by atoms with Crippen LogP contribution >= 0.6 is 0 Å². The molecule has 0 saturated carbocycles. The Hall–Kier alpha value is -1.09. The van der Waals surface area contributed by atoms with Gasteiger partial charge in [-0.05, 0) is 25.5 Å². The first kappa shape index (κ1) is 8.51. The Morgan fingerprint density at radius 3 is 2.92 bits per heavy atom. The second-order valence-corrected chi connectivity index (χ2v) is 3.65. The molecule has 13 heavy (non-hydrogen) atoms. The van der Waals surface area contributed by atoms with Gasteiger partial charge in [0, 0.05) is 24.8 Å². The average molecular weight is 177 g/mol. The predicted octanol–water partition coefficient (Wildman–Crippen LogP) is 0.927. The zero-order valence-corrected chi connectivity index (χ0v) is 7.90. The van der Waals surface area contributed by atoms with Crippen LogP contribution in [0.1, 0.15) is 12.1 Å². The van der Waals surface area contributed by atoms with Crippen molar-refractivity contribution in [1.82, 2.24) is 4.98 Å². The molecule has 1 aliphatic rings. The zero-order valence-electron chi connectivity index (χ0n) is 7.90. The molecule has 2 heterocycles. The molecule has 0 radical (unpaired) electrons. The van der Waals surface area contributed by atoms with E-state index < -0.39 is 0 Å². The van der Waals surface area contributed by atoms with E-state index in [1.165, 1.54) is 5.69 Å². The molecule has 1 saturated heterocycles. The Labute approximate surface area is 78.6 Å². The van der Waals surface area contributed by atoms with Crippen LogP contribution in [0.5, 0.6) is 0 Å². The van der Waals surface area contributed by atoms with Gasteiger partial charge in [-0.15, -0.1) is 0 Å². The Balaban J connectivity index is 2.13. The molecule has 0 unspecified atom stereocenters. The van der Waals surface area contributed by atoms with Crippen LogP contribution in [0, 0.1) is 6.92 Å². The van der Waals surface area contributed by atoms with E-state index in [1.54, 1.807) is 0 Å². The Morgan fingerprint density at radius 2 is 2.38 bits per heavy atom. The molecule has 0 bridgehead atoms. The summed E-state index contributed by atoms with van der Waals surface area (Å²) in [6.07, 6.45) is 3.02. The summed E-state index contributed by atoms with van der Waals surface area (Å²) in [5.41, 5.74) is 8.09. The van der Waals surface area contributed by atoms with Gasteiger partial charge >= 0.3 is 0 Å². The molecule has 0 aliphatic carbocycles. The molecule has 2 N–H and O–H groups in total. The van der Waals surface area contributed by atoms with E-state index >= 15 is 0 Å². The van der Waals surface area contributed by atoms with Crippen molar-refractivity contribution in [2.45, 2.75) is 19.4 Å². The van der Waals surface area contributed by atoms with Gasteiger partial charge in [0.1, 0.15) is 0 Å². The van der Waals surface area contributed by atoms with Crippen LogP contribution in [0.3, 0.4) is 0 Å². The minimum atomic E-state index is 0.335. The molecule has 0 spiro atoms. The van der Waals surface area contributed by atoms with Gasteiger partial charge in [-0.2, -0.15) is 0 Å². The normalized spacial score (nSPS) is 22.3. The van der Waals surface area contributed by atoms with Gasteiger partial charge in [0.15, 0.2) is 0 Å². The van der Waals surface area contributed by atoms with Crippen LogP contribution in [-0.2, 0) is 0 Å². The molecule has 0 amide bonds. The molecule has 2 rings (SSSR count). The molecule has 1 aromatic rings. The molecular weight excluding hydrogens is 162 g/mol. The lowest BCUT2D eigenvalue weighted by Crippen LogP contribution is -2.26. The van der Waals surface area contributed by atoms with Crippen LogP contribution in [0.25, 0.3) is 0 Å². The number of pyridine rings is 1. The van der Waals surface area contributed by atoms with Gasteiger partial charge in [-0.1, -0.05) is 0 Å². The summed E-state index contributed by atoms with van der Waals surface area (Å²) in [4.78, 5) is 6.56. The lowest BCUT2D eigenvalue weighted by molar-refractivity contribution is 0.752. The van der Waals surface area contributed by atoms with E-state index in [-0.39, 0.29) is 0 Å². The van der Waals surface area contributed by atoms with Crippen LogP contribution in [0.2, 0.25) is 0 Å². The van der Waals surface area contributed by atoms with E-state index in [4.69, 9.17) is 5.73 Å². The van der Waals surface area contributed by atoms with E-state index in [2.05, 4.69) is 16.0 Å². The average Bonchev–Trinajstić information content (AvgIpc) is 2.53. The molecule has 3 heteroatoms. The number of hydrogen-bond donors (Lipinski definition) is 1. The highest BCUT2D eigenvalue weighted by molar-refractivity contribution is 5.45. The molecule has 1 atom stereocenters. The number of anilines is 1. The number of nitrogens with two attached hydrogens (primary N) is 1. The molecule has 0 aromatic carbocycles. The van der Waals surface area contributed by atoms with Crippen LogP contribution in [0.4, 0.5) is 5.69 Å². The maximum absolute atomic E-state index is 5.83. The van der Waals surface area contributed by atoms with Gasteiger partial charge in [-0.3, -0.25) is 4.98 Å². The monoisotopic (exact) mass is 177 g/mol. The summed E-state index contributed by atoms with van der Waals surface area (Å²) in [6.45, 7) is 4.02. The van der Waals surface area contributed by atoms with Gasteiger partial charge in [0.05, 0.1) is 11.9 Å². The second kappa shape index (κ2) is 3.34. The van der Waals surface area contributed by atoms with Gasteiger partial charge in [-0.25, -0.2) is 0 Å². The van der Waals surface area contributed by atoms with Crippen molar-refractivity contribution in [2.24, 2.45) is 5.73 Å². The summed E-state index contributed by atoms with van der Waals surface area (Å²) in [5.74, 6) is 0. The molecule has 1 aliphatic heterocycles. The van der Waals surface area contributed by atoms with E-state index in [9.17, 15) is 0 Å². The van der Waals surface area contributed by atoms with Crippen LogP contribution < -0.4 is 10.6 Å². The minimum absolute atomic E-state index is 0.335. The second-order valence-electron chi connectivity index (χ2n) is 3.65. The third-order valence-electron chi connectivity index (χ3n) is 2.49. The van der Waals surface area contributed by atoms with E-state index in [0.29, 0.717) is 6.04 Å². The van der Waals surface area contributed by atoms with E-state index in [1.807, 2.05) is 19.2 Å². The summed E-state index contributed by atoms with van der Waals surface area (Å²) in [7, 11) is 0. The molecule has 3 nitrogen and oxygen atoms in total. The maximum atomic E-state index is 5.83. The number of aromatic nitrogens is 1. The number of rotatable bonds is 1. The number of aryl methyl sites for hydroxylation is 1. The predicted molar refractivity (Wildman–Crippen MR) is 53.8 cm³/mol. The number of hydrogen-bond acceptors (Lipinski definition) is 3. The highest BCUT2D eigenvalue weighted by Crippen LogP contribution is 2.18. The molecule has 1 fully saturated rings. The van der Waals surface area contributed by atoms with Crippen LogP contribution in [0.15, 0.2) is 18.3 Å². The fourth-order valence-corrected chi connectivity index (χ4v) is 1.67. The van der Waals surface area contributed by atoms with Crippen molar-refractivity contribution >= 4 is 5.69 Å². The van der Waals surface area contributed by atoms with E-state index in [0.717, 1.165) is 25.2 Å². The first-order valence-corrected chi connectivity index (χ1v) is 4.69. The van der Waals surface area contributed by atoms with Crippen LogP contribution in [-0.4, -0.2) is 24.1 Å². The van der Waals surface area contributed by atoms with Gasteiger partial charge in [0.25, 0.3) is 0 Å². The maximum Gasteiger partial charge on any atom is 0.0553 e.